The van der Waals surface area contributed by atoms with Gasteiger partial charge in [0.05, 0.1) is 0 Å². The van der Waals surface area contributed by atoms with Gasteiger partial charge in [0.15, 0.2) is 0 Å². The standard InChI is InChI=1S/C6H7NO4/c1-4(8)11-7-5(9)2-3-6(7)10/h2-3,9-10H,1H3. The highest BCUT2D eigenvalue weighted by Gasteiger charge is 2.07. The van der Waals surface area contributed by atoms with E-state index in [1.807, 2.05) is 0 Å². The fourth-order valence-electron chi connectivity index (χ4n) is 0.624. The Morgan fingerprint density at radius 1 is 1.45 bits per heavy atom. The van der Waals surface area contributed by atoms with E-state index in [0.29, 0.717) is 4.73 Å². The van der Waals surface area contributed by atoms with Gasteiger partial charge in [-0.25, -0.2) is 4.79 Å². The van der Waals surface area contributed by atoms with E-state index in [0.717, 1.165) is 0 Å². The van der Waals surface area contributed by atoms with Gasteiger partial charge in [-0.2, -0.15) is 0 Å². The molecule has 0 aliphatic carbocycles. The predicted molar refractivity (Wildman–Crippen MR) is 35.0 cm³/mol. The Morgan fingerprint density at radius 3 is 2.27 bits per heavy atom. The molecule has 0 aliphatic heterocycles. The van der Waals surface area contributed by atoms with Crippen molar-refractivity contribution in [2.24, 2.45) is 0 Å². The van der Waals surface area contributed by atoms with Crippen LogP contribution in [0, 0.1) is 0 Å². The number of aromatic hydroxyl groups is 2. The maximum Gasteiger partial charge on any atom is 0.330 e. The van der Waals surface area contributed by atoms with Gasteiger partial charge < -0.3 is 15.1 Å². The highest BCUT2D eigenvalue weighted by atomic mass is 16.7. The van der Waals surface area contributed by atoms with Gasteiger partial charge in [0.25, 0.3) is 0 Å². The molecule has 0 unspecified atom stereocenters. The summed E-state index contributed by atoms with van der Waals surface area (Å²) >= 11 is 0. The monoisotopic (exact) mass is 157 g/mol. The van der Waals surface area contributed by atoms with E-state index in [-0.39, 0.29) is 11.8 Å². The van der Waals surface area contributed by atoms with Crippen LogP contribution in [0.2, 0.25) is 0 Å². The van der Waals surface area contributed by atoms with Crippen molar-refractivity contribution in [3.63, 3.8) is 0 Å². The number of hydrogen-bond acceptors (Lipinski definition) is 4. The molecule has 1 aromatic heterocycles. The van der Waals surface area contributed by atoms with Crippen LogP contribution < -0.4 is 4.84 Å². The first-order valence-electron chi connectivity index (χ1n) is 2.90. The topological polar surface area (TPSA) is 71.7 Å². The third kappa shape index (κ3) is 1.43. The van der Waals surface area contributed by atoms with E-state index in [9.17, 15) is 4.79 Å². The van der Waals surface area contributed by atoms with E-state index < -0.39 is 5.97 Å². The van der Waals surface area contributed by atoms with E-state index in [1.54, 1.807) is 0 Å². The van der Waals surface area contributed by atoms with Gasteiger partial charge in [-0.1, -0.05) is 0 Å². The van der Waals surface area contributed by atoms with E-state index >= 15 is 0 Å². The average Bonchev–Trinajstić information content (AvgIpc) is 2.18. The first-order valence-corrected chi connectivity index (χ1v) is 2.90. The summed E-state index contributed by atoms with van der Waals surface area (Å²) in [6, 6.07) is 2.41. The molecule has 0 saturated carbocycles. The number of carbonyl (C=O) groups is 1. The van der Waals surface area contributed by atoms with Crippen molar-refractivity contribution in [1.82, 2.24) is 4.73 Å². The Bertz CT molecular complexity index is 259. The lowest BCUT2D eigenvalue weighted by Crippen LogP contribution is -2.15. The third-order valence-electron chi connectivity index (χ3n) is 1.02. The second-order valence-corrected chi connectivity index (χ2v) is 1.93. The van der Waals surface area contributed by atoms with Gasteiger partial charge in [-0.05, 0) is 0 Å². The van der Waals surface area contributed by atoms with Crippen LogP contribution in [0.4, 0.5) is 0 Å². The Balaban J connectivity index is 2.92. The molecule has 5 nitrogen and oxygen atoms in total. The molecular formula is C6H7NO4. The van der Waals surface area contributed by atoms with Crippen LogP contribution in [0.25, 0.3) is 0 Å². The van der Waals surface area contributed by atoms with Gasteiger partial charge in [-0.3, -0.25) is 0 Å². The van der Waals surface area contributed by atoms with Crippen molar-refractivity contribution in [1.29, 1.82) is 0 Å². The van der Waals surface area contributed by atoms with Gasteiger partial charge in [-0.15, -0.1) is 4.73 Å². The first-order chi connectivity index (χ1) is 5.11. The quantitative estimate of drug-likeness (QED) is 0.595. The maximum absolute atomic E-state index is 10.4. The van der Waals surface area contributed by atoms with Crippen LogP contribution in [-0.4, -0.2) is 20.9 Å². The Kier molecular flexibility index (Phi) is 1.72. The maximum atomic E-state index is 10.4. The third-order valence-corrected chi connectivity index (χ3v) is 1.02. The van der Waals surface area contributed by atoms with Crippen LogP contribution >= 0.6 is 0 Å². The Labute approximate surface area is 62.4 Å². The van der Waals surface area contributed by atoms with Crippen molar-refractivity contribution in [2.45, 2.75) is 6.92 Å². The predicted octanol–water partition coefficient (Wildman–Crippen LogP) is -0.126. The molecule has 60 valence electrons. The summed E-state index contributed by atoms with van der Waals surface area (Å²) in [4.78, 5) is 14.7. The van der Waals surface area contributed by atoms with Gasteiger partial charge in [0.1, 0.15) is 0 Å². The molecule has 0 radical (unpaired) electrons. The SMILES string of the molecule is CC(=O)On1c(O)ccc1O. The van der Waals surface area contributed by atoms with Crippen molar-refractivity contribution in [2.75, 3.05) is 0 Å². The molecular weight excluding hydrogens is 150 g/mol. The summed E-state index contributed by atoms with van der Waals surface area (Å²) in [5, 5.41) is 17.8. The minimum atomic E-state index is -0.619. The molecule has 1 rings (SSSR count). The number of carbonyl (C=O) groups excluding carboxylic acids is 1. The molecule has 0 fully saturated rings. The summed E-state index contributed by atoms with van der Waals surface area (Å²) in [5.74, 6) is -1.26. The molecule has 0 aliphatic rings. The largest absolute Gasteiger partial charge is 0.492 e. The van der Waals surface area contributed by atoms with E-state index in [4.69, 9.17) is 10.2 Å². The minimum absolute atomic E-state index is 0.322. The Morgan fingerprint density at radius 2 is 1.91 bits per heavy atom. The van der Waals surface area contributed by atoms with Crippen LogP contribution in [0.15, 0.2) is 12.1 Å². The molecule has 1 heterocycles. The van der Waals surface area contributed by atoms with Crippen LogP contribution in [0.3, 0.4) is 0 Å². The number of hydrogen-bond donors (Lipinski definition) is 2. The average molecular weight is 157 g/mol. The second-order valence-electron chi connectivity index (χ2n) is 1.93. The summed E-state index contributed by atoms with van der Waals surface area (Å²) < 4.78 is 0.627. The zero-order chi connectivity index (χ0) is 8.43. The molecule has 0 amide bonds. The summed E-state index contributed by atoms with van der Waals surface area (Å²) in [7, 11) is 0. The number of nitrogens with zero attached hydrogens (tertiary/aromatic N) is 1. The lowest BCUT2D eigenvalue weighted by molar-refractivity contribution is -0.142. The molecule has 0 bridgehead atoms. The van der Waals surface area contributed by atoms with Gasteiger partial charge >= 0.3 is 5.97 Å². The molecule has 1 aromatic rings. The highest BCUT2D eigenvalue weighted by molar-refractivity contribution is 5.66. The van der Waals surface area contributed by atoms with Crippen LogP contribution in [0.1, 0.15) is 6.92 Å². The van der Waals surface area contributed by atoms with Crippen molar-refractivity contribution in [3.05, 3.63) is 12.1 Å². The minimum Gasteiger partial charge on any atom is -0.492 e. The van der Waals surface area contributed by atoms with Crippen LogP contribution in [0.5, 0.6) is 11.8 Å². The molecule has 0 spiro atoms. The summed E-state index contributed by atoms with van der Waals surface area (Å²) in [5.41, 5.74) is 0. The molecule has 0 atom stereocenters. The normalized spacial score (nSPS) is 9.55. The fraction of sp³-hybridized carbons (Fsp3) is 0.167. The molecule has 0 saturated heterocycles. The zero-order valence-corrected chi connectivity index (χ0v) is 5.81. The Hall–Kier alpha value is -1.65. The molecule has 5 heteroatoms. The van der Waals surface area contributed by atoms with Crippen molar-refractivity contribution >= 4 is 5.97 Å². The van der Waals surface area contributed by atoms with E-state index in [2.05, 4.69) is 4.84 Å². The summed E-state index contributed by atoms with van der Waals surface area (Å²) in [6.07, 6.45) is 0. The molecule has 11 heavy (non-hydrogen) atoms. The molecule has 2 N–H and O–H groups in total. The van der Waals surface area contributed by atoms with Crippen molar-refractivity contribution in [3.8, 4) is 11.8 Å². The lowest BCUT2D eigenvalue weighted by atomic mass is 10.6. The fourth-order valence-corrected chi connectivity index (χ4v) is 0.624. The second kappa shape index (κ2) is 2.53. The summed E-state index contributed by atoms with van der Waals surface area (Å²) in [6.45, 7) is 1.17. The smallest absolute Gasteiger partial charge is 0.330 e. The van der Waals surface area contributed by atoms with Gasteiger partial charge in [0.2, 0.25) is 11.8 Å². The number of aromatic nitrogens is 1. The highest BCUT2D eigenvalue weighted by Crippen LogP contribution is 2.18. The van der Waals surface area contributed by atoms with Gasteiger partial charge in [0, 0.05) is 19.1 Å². The van der Waals surface area contributed by atoms with Crippen LogP contribution in [-0.2, 0) is 4.79 Å². The van der Waals surface area contributed by atoms with Crippen molar-refractivity contribution < 1.29 is 19.8 Å². The lowest BCUT2D eigenvalue weighted by Gasteiger charge is -2.02. The molecule has 0 aromatic carbocycles. The van der Waals surface area contributed by atoms with E-state index in [1.165, 1.54) is 19.1 Å². The number of rotatable bonds is 1. The zero-order valence-electron chi connectivity index (χ0n) is 5.81. The first kappa shape index (κ1) is 7.46.